The second kappa shape index (κ2) is 6.87. The third-order valence-corrected chi connectivity index (χ3v) is 4.22. The van der Waals surface area contributed by atoms with Gasteiger partial charge in [-0.25, -0.2) is 0 Å². The lowest BCUT2D eigenvalue weighted by Crippen LogP contribution is -2.31. The molecule has 1 amide bonds. The second-order valence-corrected chi connectivity index (χ2v) is 6.00. The van der Waals surface area contributed by atoms with Crippen LogP contribution in [0, 0.1) is 5.92 Å². The van der Waals surface area contributed by atoms with E-state index in [0.717, 1.165) is 24.2 Å². The molecule has 0 spiro atoms. The number of carbonyl (C=O) groups excluding carboxylic acids is 1. The number of pyridine rings is 1. The number of aromatic nitrogens is 1. The van der Waals surface area contributed by atoms with Gasteiger partial charge in [-0.15, -0.1) is 0 Å². The van der Waals surface area contributed by atoms with E-state index in [9.17, 15) is 9.59 Å². The predicted octanol–water partition coefficient (Wildman–Crippen LogP) is 2.40. The maximum atomic E-state index is 12.2. The summed E-state index contributed by atoms with van der Waals surface area (Å²) in [5, 5.41) is 2.91. The lowest BCUT2D eigenvalue weighted by Gasteiger charge is -2.14. The standard InChI is InChI=1S/C17H17ClN2O3/c18-14-8-13(10-20-17(14)22)16(21)19-9-11-5-6-23-15-4-2-1-3-12(15)7-11/h1-4,8,10-11H,5-7,9H2,(H,19,21)(H,20,22)/t11-/m0/s1. The van der Waals surface area contributed by atoms with Crippen LogP contribution < -0.4 is 15.6 Å². The highest BCUT2D eigenvalue weighted by molar-refractivity contribution is 6.30. The van der Waals surface area contributed by atoms with Crippen LogP contribution in [0.5, 0.6) is 5.75 Å². The Bertz CT molecular complexity index is 772. The molecule has 0 saturated heterocycles. The van der Waals surface area contributed by atoms with Gasteiger partial charge in [0.05, 0.1) is 12.2 Å². The van der Waals surface area contributed by atoms with Crippen LogP contribution in [0.2, 0.25) is 5.02 Å². The Morgan fingerprint density at radius 2 is 2.22 bits per heavy atom. The van der Waals surface area contributed by atoms with Gasteiger partial charge in [0.15, 0.2) is 0 Å². The van der Waals surface area contributed by atoms with Crippen molar-refractivity contribution >= 4 is 17.5 Å². The highest BCUT2D eigenvalue weighted by atomic mass is 35.5. The molecule has 0 unspecified atom stereocenters. The van der Waals surface area contributed by atoms with Gasteiger partial charge in [-0.05, 0) is 36.5 Å². The van der Waals surface area contributed by atoms with Crippen molar-refractivity contribution in [2.75, 3.05) is 13.2 Å². The van der Waals surface area contributed by atoms with Crippen molar-refractivity contribution in [2.45, 2.75) is 12.8 Å². The molecular formula is C17H17ClN2O3. The number of aromatic amines is 1. The number of halogens is 1. The summed E-state index contributed by atoms with van der Waals surface area (Å²) in [6, 6.07) is 9.35. The molecule has 0 aliphatic carbocycles. The first-order valence-corrected chi connectivity index (χ1v) is 7.88. The molecule has 0 fully saturated rings. The molecule has 1 aromatic carbocycles. The molecular weight excluding hydrogens is 316 g/mol. The van der Waals surface area contributed by atoms with E-state index in [0.29, 0.717) is 24.6 Å². The number of hydrogen-bond acceptors (Lipinski definition) is 3. The molecule has 2 heterocycles. The van der Waals surface area contributed by atoms with Gasteiger partial charge in [0.1, 0.15) is 10.8 Å². The van der Waals surface area contributed by atoms with E-state index in [1.165, 1.54) is 12.3 Å². The quantitative estimate of drug-likeness (QED) is 0.906. The number of benzene rings is 1. The molecule has 120 valence electrons. The van der Waals surface area contributed by atoms with Gasteiger partial charge in [0, 0.05) is 12.7 Å². The maximum Gasteiger partial charge on any atom is 0.266 e. The van der Waals surface area contributed by atoms with Crippen LogP contribution in [0.3, 0.4) is 0 Å². The Morgan fingerprint density at radius 1 is 1.39 bits per heavy atom. The first kappa shape index (κ1) is 15.6. The minimum absolute atomic E-state index is 0.00874. The Balaban J connectivity index is 1.63. The van der Waals surface area contributed by atoms with Gasteiger partial charge in [-0.1, -0.05) is 29.8 Å². The first-order chi connectivity index (χ1) is 11.1. The van der Waals surface area contributed by atoms with Crippen molar-refractivity contribution in [1.29, 1.82) is 0 Å². The number of nitrogens with one attached hydrogen (secondary N) is 2. The number of amides is 1. The fourth-order valence-electron chi connectivity index (χ4n) is 2.66. The number of H-pyrrole nitrogens is 1. The molecule has 2 aromatic rings. The molecule has 6 heteroatoms. The van der Waals surface area contributed by atoms with E-state index >= 15 is 0 Å². The van der Waals surface area contributed by atoms with Crippen LogP contribution in [0.15, 0.2) is 41.3 Å². The summed E-state index contributed by atoms with van der Waals surface area (Å²) in [6.45, 7) is 1.19. The third-order valence-electron chi connectivity index (χ3n) is 3.94. The summed E-state index contributed by atoms with van der Waals surface area (Å²) in [4.78, 5) is 25.8. The fourth-order valence-corrected chi connectivity index (χ4v) is 2.83. The van der Waals surface area contributed by atoms with Gasteiger partial charge in [-0.3, -0.25) is 9.59 Å². The van der Waals surface area contributed by atoms with E-state index in [4.69, 9.17) is 16.3 Å². The van der Waals surface area contributed by atoms with Crippen LogP contribution >= 0.6 is 11.6 Å². The average molecular weight is 333 g/mol. The van der Waals surface area contributed by atoms with Crippen molar-refractivity contribution < 1.29 is 9.53 Å². The smallest absolute Gasteiger partial charge is 0.266 e. The monoisotopic (exact) mass is 332 g/mol. The number of carbonyl (C=O) groups is 1. The molecule has 1 aliphatic rings. The zero-order valence-electron chi connectivity index (χ0n) is 12.5. The second-order valence-electron chi connectivity index (χ2n) is 5.59. The van der Waals surface area contributed by atoms with E-state index in [1.807, 2.05) is 18.2 Å². The molecule has 23 heavy (non-hydrogen) atoms. The summed E-state index contributed by atoms with van der Waals surface area (Å²) in [7, 11) is 0. The van der Waals surface area contributed by atoms with Crippen molar-refractivity contribution in [3.05, 3.63) is 63.0 Å². The summed E-state index contributed by atoms with van der Waals surface area (Å²) >= 11 is 5.74. The van der Waals surface area contributed by atoms with E-state index < -0.39 is 5.56 Å². The summed E-state index contributed by atoms with van der Waals surface area (Å²) < 4.78 is 5.73. The van der Waals surface area contributed by atoms with Crippen LogP contribution in [0.4, 0.5) is 0 Å². The van der Waals surface area contributed by atoms with Gasteiger partial charge in [0.2, 0.25) is 0 Å². The minimum atomic E-state index is -0.402. The van der Waals surface area contributed by atoms with Gasteiger partial charge in [0.25, 0.3) is 11.5 Å². The molecule has 0 radical (unpaired) electrons. The number of ether oxygens (including phenoxy) is 1. The van der Waals surface area contributed by atoms with E-state index in [1.54, 1.807) is 0 Å². The lowest BCUT2D eigenvalue weighted by molar-refractivity contribution is 0.0945. The Morgan fingerprint density at radius 3 is 3.04 bits per heavy atom. The minimum Gasteiger partial charge on any atom is -0.493 e. The number of fused-ring (bicyclic) bond motifs is 1. The highest BCUT2D eigenvalue weighted by Gasteiger charge is 2.18. The molecule has 5 nitrogen and oxygen atoms in total. The predicted molar refractivity (Wildman–Crippen MR) is 88.2 cm³/mol. The number of hydrogen-bond donors (Lipinski definition) is 2. The zero-order chi connectivity index (χ0) is 16.2. The van der Waals surface area contributed by atoms with Crippen molar-refractivity contribution in [2.24, 2.45) is 5.92 Å². The zero-order valence-corrected chi connectivity index (χ0v) is 13.2. The van der Waals surface area contributed by atoms with Crippen LogP contribution in [-0.4, -0.2) is 24.0 Å². The maximum absolute atomic E-state index is 12.2. The Labute approximate surface area is 138 Å². The van der Waals surface area contributed by atoms with Gasteiger partial charge < -0.3 is 15.0 Å². The van der Waals surface area contributed by atoms with E-state index in [-0.39, 0.29) is 10.9 Å². The Kier molecular flexibility index (Phi) is 4.67. The first-order valence-electron chi connectivity index (χ1n) is 7.50. The summed E-state index contributed by atoms with van der Waals surface area (Å²) in [5.41, 5.74) is 1.11. The van der Waals surface area contributed by atoms with E-state index in [2.05, 4.69) is 16.4 Å². The topological polar surface area (TPSA) is 71.2 Å². The summed E-state index contributed by atoms with van der Waals surface area (Å²) in [6.07, 6.45) is 3.11. The Hall–Kier alpha value is -2.27. The molecule has 1 aliphatic heterocycles. The number of rotatable bonds is 3. The third kappa shape index (κ3) is 3.74. The van der Waals surface area contributed by atoms with Crippen molar-refractivity contribution in [1.82, 2.24) is 10.3 Å². The van der Waals surface area contributed by atoms with Crippen molar-refractivity contribution in [3.63, 3.8) is 0 Å². The number of para-hydroxylation sites is 1. The van der Waals surface area contributed by atoms with Crippen molar-refractivity contribution in [3.8, 4) is 5.75 Å². The molecule has 0 bridgehead atoms. The van der Waals surface area contributed by atoms with Gasteiger partial charge >= 0.3 is 0 Å². The fraction of sp³-hybridized carbons (Fsp3) is 0.294. The molecule has 0 saturated carbocycles. The van der Waals surface area contributed by atoms with Crippen LogP contribution in [0.1, 0.15) is 22.3 Å². The van der Waals surface area contributed by atoms with Crippen LogP contribution in [0.25, 0.3) is 0 Å². The normalized spacial score (nSPS) is 16.8. The largest absolute Gasteiger partial charge is 0.493 e. The molecule has 3 rings (SSSR count). The molecule has 2 N–H and O–H groups in total. The lowest BCUT2D eigenvalue weighted by atomic mass is 9.97. The van der Waals surface area contributed by atoms with Crippen LogP contribution in [-0.2, 0) is 6.42 Å². The van der Waals surface area contributed by atoms with Gasteiger partial charge in [-0.2, -0.15) is 0 Å². The molecule has 1 atom stereocenters. The molecule has 1 aromatic heterocycles. The SMILES string of the molecule is O=C(NC[C@H]1CCOc2ccccc2C1)c1c[nH]c(=O)c(Cl)c1. The average Bonchev–Trinajstić information content (AvgIpc) is 2.77. The highest BCUT2D eigenvalue weighted by Crippen LogP contribution is 2.26. The summed E-state index contributed by atoms with van der Waals surface area (Å²) in [5.74, 6) is 0.983.